The molecule has 1 fully saturated rings. The molecule has 0 radical (unpaired) electrons. The Morgan fingerprint density at radius 3 is 2.10 bits per heavy atom. The first-order valence-corrected chi connectivity index (χ1v) is 8.33. The van der Waals surface area contributed by atoms with Crippen LogP contribution in [-0.2, 0) is 4.79 Å². The van der Waals surface area contributed by atoms with Crippen LogP contribution in [0.3, 0.4) is 0 Å². The van der Waals surface area contributed by atoms with Crippen molar-refractivity contribution in [3.8, 4) is 0 Å². The number of hydrogen-bond donors (Lipinski definition) is 2. The highest BCUT2D eigenvalue weighted by Crippen LogP contribution is 2.17. The van der Waals surface area contributed by atoms with E-state index < -0.39 is 0 Å². The van der Waals surface area contributed by atoms with Crippen LogP contribution in [0.5, 0.6) is 0 Å². The fourth-order valence-corrected chi connectivity index (χ4v) is 3.00. The van der Waals surface area contributed by atoms with Crippen molar-refractivity contribution in [2.24, 2.45) is 0 Å². The second kappa shape index (κ2) is 7.60. The average molecular weight is 289 g/mol. The molecule has 0 spiro atoms. The summed E-state index contributed by atoms with van der Waals surface area (Å²) in [6.07, 6.45) is 5.12. The van der Waals surface area contributed by atoms with Crippen LogP contribution in [0.15, 0.2) is 24.3 Å². The van der Waals surface area contributed by atoms with Crippen molar-refractivity contribution in [1.82, 2.24) is 0 Å². The van der Waals surface area contributed by atoms with Crippen LogP contribution >= 0.6 is 0 Å². The van der Waals surface area contributed by atoms with Gasteiger partial charge in [0, 0.05) is 5.69 Å². The Hall–Kier alpha value is -1.35. The summed E-state index contributed by atoms with van der Waals surface area (Å²) in [6, 6.07) is 8.26. The van der Waals surface area contributed by atoms with Gasteiger partial charge < -0.3 is 10.2 Å². The zero-order chi connectivity index (χ0) is 15.2. The van der Waals surface area contributed by atoms with Gasteiger partial charge in [-0.25, -0.2) is 0 Å². The second-order valence-electron chi connectivity index (χ2n) is 6.56. The van der Waals surface area contributed by atoms with Crippen LogP contribution in [0.4, 0.5) is 5.69 Å². The summed E-state index contributed by atoms with van der Waals surface area (Å²) < 4.78 is 0. The summed E-state index contributed by atoms with van der Waals surface area (Å²) in [5.41, 5.74) is 2.21. The highest BCUT2D eigenvalue weighted by molar-refractivity contribution is 5.93. The zero-order valence-electron chi connectivity index (χ0n) is 13.6. The van der Waals surface area contributed by atoms with Gasteiger partial charge in [-0.15, -0.1) is 0 Å². The van der Waals surface area contributed by atoms with Crippen molar-refractivity contribution >= 4 is 11.6 Å². The molecule has 0 unspecified atom stereocenters. The molecule has 1 aliphatic rings. The first-order valence-electron chi connectivity index (χ1n) is 8.33. The van der Waals surface area contributed by atoms with E-state index in [4.69, 9.17) is 0 Å². The van der Waals surface area contributed by atoms with Crippen LogP contribution in [-0.4, -0.2) is 25.0 Å². The number of nitrogens with one attached hydrogen (secondary N) is 2. The van der Waals surface area contributed by atoms with Crippen LogP contribution < -0.4 is 10.2 Å². The number of benzene rings is 1. The first kappa shape index (κ1) is 16.0. The van der Waals surface area contributed by atoms with Gasteiger partial charge in [-0.2, -0.15) is 0 Å². The van der Waals surface area contributed by atoms with Gasteiger partial charge in [-0.05, 0) is 56.2 Å². The van der Waals surface area contributed by atoms with Gasteiger partial charge in [0.25, 0.3) is 5.91 Å². The molecule has 1 atom stereocenters. The maximum absolute atomic E-state index is 12.4. The van der Waals surface area contributed by atoms with Crippen molar-refractivity contribution in [2.75, 3.05) is 18.4 Å². The van der Waals surface area contributed by atoms with E-state index in [1.165, 1.54) is 36.1 Å². The molecule has 1 aromatic rings. The molecule has 0 aromatic heterocycles. The number of hydrogen-bond acceptors (Lipinski definition) is 1. The summed E-state index contributed by atoms with van der Waals surface area (Å²) in [6.45, 7) is 8.66. The monoisotopic (exact) mass is 289 g/mol. The maximum atomic E-state index is 12.4. The molecular formula is C18H29N2O+. The molecule has 2 N–H and O–H groups in total. The molecule has 1 heterocycles. The predicted molar refractivity (Wildman–Crippen MR) is 87.8 cm³/mol. The Morgan fingerprint density at radius 1 is 1.00 bits per heavy atom. The molecule has 0 saturated carbocycles. The van der Waals surface area contributed by atoms with Crippen molar-refractivity contribution < 1.29 is 9.69 Å². The topological polar surface area (TPSA) is 33.5 Å². The van der Waals surface area contributed by atoms with Crippen LogP contribution in [0, 0.1) is 0 Å². The van der Waals surface area contributed by atoms with E-state index in [0.717, 1.165) is 18.8 Å². The molecule has 0 bridgehead atoms. The minimum absolute atomic E-state index is 0.0351. The Labute approximate surface area is 128 Å². The lowest BCUT2D eigenvalue weighted by Gasteiger charge is -2.23. The van der Waals surface area contributed by atoms with Gasteiger partial charge >= 0.3 is 0 Å². The highest BCUT2D eigenvalue weighted by Gasteiger charge is 2.25. The molecule has 116 valence electrons. The fourth-order valence-electron chi connectivity index (χ4n) is 3.00. The Morgan fingerprint density at radius 2 is 1.57 bits per heavy atom. The normalized spacial score (nSPS) is 18.3. The molecule has 1 amide bonds. The molecule has 2 rings (SSSR count). The molecule has 3 nitrogen and oxygen atoms in total. The van der Waals surface area contributed by atoms with Crippen molar-refractivity contribution in [3.05, 3.63) is 29.8 Å². The van der Waals surface area contributed by atoms with E-state index in [9.17, 15) is 4.79 Å². The maximum Gasteiger partial charge on any atom is 0.282 e. The van der Waals surface area contributed by atoms with Gasteiger partial charge in [-0.1, -0.05) is 26.0 Å². The van der Waals surface area contributed by atoms with E-state index in [-0.39, 0.29) is 11.9 Å². The number of amides is 1. The number of carbonyl (C=O) groups excluding carboxylic acids is 1. The largest absolute Gasteiger partial charge is 0.325 e. The van der Waals surface area contributed by atoms with Crippen molar-refractivity contribution in [3.63, 3.8) is 0 Å². The Bertz CT molecular complexity index is 445. The predicted octanol–water partition coefficient (Wildman–Crippen LogP) is 2.60. The highest BCUT2D eigenvalue weighted by atomic mass is 16.2. The molecular weight excluding hydrogens is 260 g/mol. The zero-order valence-corrected chi connectivity index (χ0v) is 13.6. The van der Waals surface area contributed by atoms with Gasteiger partial charge in [0.1, 0.15) is 0 Å². The third-order valence-electron chi connectivity index (χ3n) is 4.60. The van der Waals surface area contributed by atoms with Gasteiger partial charge in [0.2, 0.25) is 0 Å². The van der Waals surface area contributed by atoms with Gasteiger partial charge in [0.05, 0.1) is 13.1 Å². The smallest absolute Gasteiger partial charge is 0.282 e. The standard InChI is InChI=1S/C18H28N2O/c1-14(2)16-8-10-17(11-9-16)19-18(21)15(3)20-12-6-4-5-7-13-20/h8-11,14-15H,4-7,12-13H2,1-3H3,(H,19,21)/p+1/t15-/m1/s1. The first-order chi connectivity index (χ1) is 10.1. The second-order valence-corrected chi connectivity index (χ2v) is 6.56. The minimum Gasteiger partial charge on any atom is -0.325 e. The van der Waals surface area contributed by atoms with Gasteiger partial charge in [0.15, 0.2) is 6.04 Å². The molecule has 0 aliphatic carbocycles. The number of quaternary nitrogens is 1. The molecule has 1 aliphatic heterocycles. The number of likely N-dealkylation sites (tertiary alicyclic amines) is 1. The van der Waals surface area contributed by atoms with Gasteiger partial charge in [-0.3, -0.25) is 4.79 Å². The van der Waals surface area contributed by atoms with Crippen molar-refractivity contribution in [2.45, 2.75) is 58.4 Å². The summed E-state index contributed by atoms with van der Waals surface area (Å²) in [5.74, 6) is 0.666. The quantitative estimate of drug-likeness (QED) is 0.877. The summed E-state index contributed by atoms with van der Waals surface area (Å²) >= 11 is 0. The molecule has 21 heavy (non-hydrogen) atoms. The van der Waals surface area contributed by atoms with E-state index in [0.29, 0.717) is 5.92 Å². The lowest BCUT2D eigenvalue weighted by atomic mass is 10.0. The van der Waals surface area contributed by atoms with Crippen molar-refractivity contribution in [1.29, 1.82) is 0 Å². The van der Waals surface area contributed by atoms with Crippen LogP contribution in [0.1, 0.15) is 57.9 Å². The lowest BCUT2D eigenvalue weighted by molar-refractivity contribution is -0.913. The van der Waals surface area contributed by atoms with Crippen LogP contribution in [0.2, 0.25) is 0 Å². The number of anilines is 1. The summed E-state index contributed by atoms with van der Waals surface area (Å²) in [4.78, 5) is 13.8. The third-order valence-corrected chi connectivity index (χ3v) is 4.60. The minimum atomic E-state index is 0.0351. The average Bonchev–Trinajstić information content (AvgIpc) is 2.76. The lowest BCUT2D eigenvalue weighted by Crippen LogP contribution is -3.16. The number of carbonyl (C=O) groups is 1. The Kier molecular flexibility index (Phi) is 5.80. The Balaban J connectivity index is 1.93. The molecule has 1 aromatic carbocycles. The third kappa shape index (κ3) is 4.57. The summed E-state index contributed by atoms with van der Waals surface area (Å²) in [5, 5.41) is 3.07. The number of rotatable bonds is 4. The molecule has 3 heteroatoms. The van der Waals surface area contributed by atoms with Crippen LogP contribution in [0.25, 0.3) is 0 Å². The molecule has 1 saturated heterocycles. The summed E-state index contributed by atoms with van der Waals surface area (Å²) in [7, 11) is 0. The van der Waals surface area contributed by atoms with E-state index in [1.807, 2.05) is 12.1 Å². The van der Waals surface area contributed by atoms with E-state index in [2.05, 4.69) is 38.2 Å². The van der Waals surface area contributed by atoms with E-state index in [1.54, 1.807) is 0 Å². The fraction of sp³-hybridized carbons (Fsp3) is 0.611. The SMILES string of the molecule is CC(C)c1ccc(NC(=O)[C@@H](C)[NH+]2CCCCCC2)cc1. The van der Waals surface area contributed by atoms with E-state index >= 15 is 0 Å².